The Labute approximate surface area is 185 Å². The third kappa shape index (κ3) is 4.86. The Morgan fingerprint density at radius 2 is 1.69 bits per heavy atom. The van der Waals surface area contributed by atoms with E-state index in [-0.39, 0.29) is 23.6 Å². The molecule has 5 nitrogen and oxygen atoms in total. The number of alkyl halides is 3. The lowest BCUT2D eigenvalue weighted by Gasteiger charge is -2.44. The van der Waals surface area contributed by atoms with Crippen molar-refractivity contribution in [2.24, 2.45) is 29.0 Å². The fraction of sp³-hybridized carbons (Fsp3) is 0.417. The Kier molecular flexibility index (Phi) is 6.09. The topological polar surface area (TPSA) is 99.3 Å². The molecule has 1 fully saturated rings. The smallest absolute Gasteiger partial charge is 0.406 e. The highest BCUT2D eigenvalue weighted by Gasteiger charge is 2.40. The van der Waals surface area contributed by atoms with Crippen LogP contribution >= 0.6 is 0 Å². The first-order chi connectivity index (χ1) is 15.1. The Bertz CT molecular complexity index is 985. The third-order valence-electron chi connectivity index (χ3n) is 6.69. The molecule has 1 saturated carbocycles. The van der Waals surface area contributed by atoms with Gasteiger partial charge in [-0.3, -0.25) is 0 Å². The van der Waals surface area contributed by atoms with Gasteiger partial charge < -0.3 is 27.3 Å². The first-order valence-electron chi connectivity index (χ1n) is 10.9. The van der Waals surface area contributed by atoms with Gasteiger partial charge in [0.2, 0.25) is 0 Å². The molecule has 1 aliphatic heterocycles. The van der Waals surface area contributed by atoms with Crippen molar-refractivity contribution in [3.8, 4) is 5.75 Å². The van der Waals surface area contributed by atoms with Gasteiger partial charge in [-0.15, -0.1) is 13.2 Å². The number of nitrogens with one attached hydrogen (secondary N) is 1. The predicted molar refractivity (Wildman–Crippen MR) is 119 cm³/mol. The normalized spacial score (nSPS) is 26.5. The van der Waals surface area contributed by atoms with Crippen LogP contribution in [0.15, 0.2) is 54.6 Å². The van der Waals surface area contributed by atoms with E-state index in [1.54, 1.807) is 12.1 Å². The molecule has 2 aliphatic rings. The van der Waals surface area contributed by atoms with E-state index in [2.05, 4.69) is 10.1 Å². The van der Waals surface area contributed by atoms with Gasteiger partial charge in [-0.2, -0.15) is 0 Å². The van der Waals surface area contributed by atoms with Crippen LogP contribution in [0.5, 0.6) is 5.75 Å². The molecule has 1 heterocycles. The van der Waals surface area contributed by atoms with Crippen LogP contribution < -0.4 is 27.3 Å². The number of fused-ring (bicyclic) bond motifs is 1. The molecule has 0 radical (unpaired) electrons. The summed E-state index contributed by atoms with van der Waals surface area (Å²) in [5.74, 6) is 0.195. The predicted octanol–water partition coefficient (Wildman–Crippen LogP) is 4.34. The number of nitrogens with two attached hydrogens (primary N) is 3. The number of anilines is 1. The van der Waals surface area contributed by atoms with Crippen LogP contribution in [0.1, 0.15) is 36.8 Å². The number of halogens is 3. The number of para-hydroxylation sites is 2. The lowest BCUT2D eigenvalue weighted by molar-refractivity contribution is -0.274. The SMILES string of the molecule is NC1=CC(N)(C2CCC(C(N)Cc3ccccc3OC(F)(F)F)CC2)Nc2ccccc21. The van der Waals surface area contributed by atoms with Crippen LogP contribution in [-0.2, 0) is 6.42 Å². The summed E-state index contributed by atoms with van der Waals surface area (Å²) in [4.78, 5) is 0. The highest BCUT2D eigenvalue weighted by molar-refractivity contribution is 5.79. The molecule has 0 bridgehead atoms. The van der Waals surface area contributed by atoms with Crippen LogP contribution in [0, 0.1) is 11.8 Å². The minimum atomic E-state index is -4.73. The van der Waals surface area contributed by atoms with Crippen molar-refractivity contribution in [2.45, 2.75) is 50.2 Å². The van der Waals surface area contributed by atoms with Crippen molar-refractivity contribution in [3.05, 3.63) is 65.7 Å². The zero-order chi connectivity index (χ0) is 22.9. The highest BCUT2D eigenvalue weighted by atomic mass is 19.4. The van der Waals surface area contributed by atoms with Gasteiger partial charge >= 0.3 is 6.36 Å². The van der Waals surface area contributed by atoms with E-state index >= 15 is 0 Å². The zero-order valence-electron chi connectivity index (χ0n) is 17.7. The van der Waals surface area contributed by atoms with E-state index < -0.39 is 12.0 Å². The molecule has 1 aliphatic carbocycles. The molecule has 2 atom stereocenters. The van der Waals surface area contributed by atoms with Gasteiger partial charge in [0, 0.05) is 23.0 Å². The van der Waals surface area contributed by atoms with E-state index in [1.165, 1.54) is 12.1 Å². The summed E-state index contributed by atoms with van der Waals surface area (Å²) in [7, 11) is 0. The summed E-state index contributed by atoms with van der Waals surface area (Å²) >= 11 is 0. The summed E-state index contributed by atoms with van der Waals surface area (Å²) in [6, 6.07) is 13.7. The van der Waals surface area contributed by atoms with Gasteiger partial charge in [0.15, 0.2) is 0 Å². The van der Waals surface area contributed by atoms with Crippen LogP contribution in [0.25, 0.3) is 5.70 Å². The van der Waals surface area contributed by atoms with Gasteiger partial charge in [-0.05, 0) is 67.7 Å². The highest BCUT2D eigenvalue weighted by Crippen LogP contribution is 2.41. The molecule has 8 heteroatoms. The van der Waals surface area contributed by atoms with Gasteiger partial charge in [-0.1, -0.05) is 36.4 Å². The molecule has 0 spiro atoms. The molecule has 2 aromatic carbocycles. The number of rotatable bonds is 5. The second kappa shape index (κ2) is 8.67. The van der Waals surface area contributed by atoms with Crippen LogP contribution in [0.2, 0.25) is 0 Å². The van der Waals surface area contributed by atoms with E-state index in [1.807, 2.05) is 30.3 Å². The first-order valence-corrected chi connectivity index (χ1v) is 10.9. The van der Waals surface area contributed by atoms with E-state index in [4.69, 9.17) is 17.2 Å². The first kappa shape index (κ1) is 22.5. The number of hydrogen-bond donors (Lipinski definition) is 4. The average Bonchev–Trinajstić information content (AvgIpc) is 2.74. The second-order valence-electron chi connectivity index (χ2n) is 8.84. The van der Waals surface area contributed by atoms with E-state index in [0.29, 0.717) is 17.7 Å². The minimum absolute atomic E-state index is 0.179. The van der Waals surface area contributed by atoms with Gasteiger partial charge in [0.05, 0.1) is 0 Å². The van der Waals surface area contributed by atoms with Crippen LogP contribution in [0.3, 0.4) is 0 Å². The zero-order valence-corrected chi connectivity index (χ0v) is 17.7. The summed E-state index contributed by atoms with van der Waals surface area (Å²) in [5.41, 5.74) is 21.7. The molecular weight excluding hydrogens is 417 g/mol. The van der Waals surface area contributed by atoms with Crippen molar-refractivity contribution in [1.82, 2.24) is 0 Å². The van der Waals surface area contributed by atoms with Crippen molar-refractivity contribution in [2.75, 3.05) is 5.32 Å². The lowest BCUT2D eigenvalue weighted by Crippen LogP contribution is -2.55. The Morgan fingerprint density at radius 1 is 1.03 bits per heavy atom. The Morgan fingerprint density at radius 3 is 2.41 bits per heavy atom. The van der Waals surface area contributed by atoms with Crippen LogP contribution in [0.4, 0.5) is 18.9 Å². The van der Waals surface area contributed by atoms with Gasteiger partial charge in [0.1, 0.15) is 11.4 Å². The molecule has 7 N–H and O–H groups in total. The quantitative estimate of drug-likeness (QED) is 0.548. The minimum Gasteiger partial charge on any atom is -0.406 e. The average molecular weight is 447 g/mol. The van der Waals surface area contributed by atoms with Crippen molar-refractivity contribution in [1.29, 1.82) is 0 Å². The van der Waals surface area contributed by atoms with Crippen molar-refractivity contribution in [3.63, 3.8) is 0 Å². The summed E-state index contributed by atoms with van der Waals surface area (Å²) in [6.45, 7) is 0. The summed E-state index contributed by atoms with van der Waals surface area (Å²) in [6.07, 6.45) is 0.921. The van der Waals surface area contributed by atoms with Gasteiger partial charge in [0.25, 0.3) is 0 Å². The fourth-order valence-electron chi connectivity index (χ4n) is 5.01. The van der Waals surface area contributed by atoms with E-state index in [9.17, 15) is 13.2 Å². The van der Waals surface area contributed by atoms with Gasteiger partial charge in [-0.25, -0.2) is 0 Å². The Balaban J connectivity index is 1.39. The second-order valence-corrected chi connectivity index (χ2v) is 8.84. The molecule has 32 heavy (non-hydrogen) atoms. The fourth-order valence-corrected chi connectivity index (χ4v) is 5.01. The molecule has 2 aromatic rings. The van der Waals surface area contributed by atoms with Crippen molar-refractivity contribution < 1.29 is 17.9 Å². The largest absolute Gasteiger partial charge is 0.573 e. The number of benzene rings is 2. The molecular formula is C24H29F3N4O. The monoisotopic (exact) mass is 446 g/mol. The Hall–Kier alpha value is -2.71. The molecule has 0 saturated heterocycles. The number of ether oxygens (including phenoxy) is 1. The summed E-state index contributed by atoms with van der Waals surface area (Å²) < 4.78 is 42.3. The molecule has 172 valence electrons. The van der Waals surface area contributed by atoms with E-state index in [0.717, 1.165) is 36.9 Å². The lowest BCUT2D eigenvalue weighted by atomic mass is 9.72. The third-order valence-corrected chi connectivity index (χ3v) is 6.69. The maximum atomic E-state index is 12.7. The number of hydrogen-bond acceptors (Lipinski definition) is 5. The molecule has 0 amide bonds. The molecule has 2 unspecified atom stereocenters. The maximum absolute atomic E-state index is 12.7. The summed E-state index contributed by atoms with van der Waals surface area (Å²) in [5, 5.41) is 3.45. The molecule has 4 rings (SSSR count). The molecule has 0 aromatic heterocycles. The standard InChI is InChI=1S/C24H29F3N4O/c25-24(26,27)32-22-8-4-1-5-16(22)13-19(28)15-9-11-17(12-10-15)23(30)14-20(29)18-6-2-3-7-21(18)31-23/h1-8,14-15,17,19,31H,9-13,28-30H2. The van der Waals surface area contributed by atoms with Crippen molar-refractivity contribution >= 4 is 11.4 Å². The van der Waals surface area contributed by atoms with Crippen LogP contribution in [-0.4, -0.2) is 18.1 Å². The maximum Gasteiger partial charge on any atom is 0.573 e.